The quantitative estimate of drug-likeness (QED) is 0.384. The van der Waals surface area contributed by atoms with Crippen molar-refractivity contribution in [3.05, 3.63) is 62.1 Å². The third kappa shape index (κ3) is 4.02. The van der Waals surface area contributed by atoms with E-state index in [0.717, 1.165) is 21.9 Å². The number of imidazole rings is 1. The number of alkyl halides is 3. The van der Waals surface area contributed by atoms with Crippen molar-refractivity contribution in [2.75, 3.05) is 11.9 Å². The molecular weight excluding hydrogens is 514 g/mol. The summed E-state index contributed by atoms with van der Waals surface area (Å²) >= 11 is 4.49. The first-order valence-electron chi connectivity index (χ1n) is 9.17. The van der Waals surface area contributed by atoms with E-state index < -0.39 is 17.6 Å². The van der Waals surface area contributed by atoms with E-state index >= 15 is 0 Å². The number of hydroxylamine groups is 2. The van der Waals surface area contributed by atoms with E-state index in [1.807, 2.05) is 6.08 Å². The predicted octanol–water partition coefficient (Wildman–Crippen LogP) is 4.51. The number of aromatic nitrogens is 3. The van der Waals surface area contributed by atoms with Gasteiger partial charge in [-0.2, -0.15) is 17.5 Å². The average molecular weight is 526 g/mol. The lowest BCUT2D eigenvalue weighted by molar-refractivity contribution is -0.137. The first kappa shape index (κ1) is 20.8. The topological polar surface area (TPSA) is 66.1 Å². The van der Waals surface area contributed by atoms with E-state index in [2.05, 4.69) is 35.6 Å². The Morgan fingerprint density at radius 1 is 1.22 bits per heavy atom. The Morgan fingerprint density at radius 3 is 2.84 bits per heavy atom. The van der Waals surface area contributed by atoms with Gasteiger partial charge in [-0.1, -0.05) is 0 Å². The Balaban J connectivity index is 1.35. The summed E-state index contributed by atoms with van der Waals surface area (Å²) in [7, 11) is 0. The number of rotatable bonds is 4. The van der Waals surface area contributed by atoms with E-state index in [1.54, 1.807) is 18.5 Å². The Morgan fingerprint density at radius 2 is 2.06 bits per heavy atom. The van der Waals surface area contributed by atoms with Gasteiger partial charge in [0.05, 0.1) is 28.4 Å². The molecule has 6 nitrogen and oxygen atoms in total. The van der Waals surface area contributed by atoms with Gasteiger partial charge in [-0.05, 0) is 57.8 Å². The molecule has 12 heteroatoms. The van der Waals surface area contributed by atoms with Crippen LogP contribution in [0.15, 0.2) is 41.0 Å². The Hall–Kier alpha value is -3.12. The maximum absolute atomic E-state index is 14.6. The number of anilines is 2. The van der Waals surface area contributed by atoms with Crippen LogP contribution in [0.3, 0.4) is 0 Å². The predicted molar refractivity (Wildman–Crippen MR) is 116 cm³/mol. The summed E-state index contributed by atoms with van der Waals surface area (Å²) in [6, 6.07) is 6.17. The molecule has 5 rings (SSSR count). The number of hydrogen-bond donors (Lipinski definition) is 2. The Bertz CT molecular complexity index is 1450. The van der Waals surface area contributed by atoms with Crippen LogP contribution in [0.4, 0.5) is 29.2 Å². The van der Waals surface area contributed by atoms with E-state index in [4.69, 9.17) is 4.84 Å². The van der Waals surface area contributed by atoms with Gasteiger partial charge in [-0.3, -0.25) is 0 Å². The van der Waals surface area contributed by atoms with Crippen molar-refractivity contribution in [3.63, 3.8) is 0 Å². The fraction of sp³-hybridized carbons (Fsp3) is 0.100. The second-order valence-electron chi connectivity index (χ2n) is 6.88. The molecule has 0 amide bonds. The molecule has 0 saturated heterocycles. The second kappa shape index (κ2) is 7.78. The van der Waals surface area contributed by atoms with Crippen molar-refractivity contribution < 1.29 is 22.4 Å². The van der Waals surface area contributed by atoms with Crippen LogP contribution in [0.5, 0.6) is 5.75 Å². The molecular formula is C20H12BrF4N5OS. The van der Waals surface area contributed by atoms with Crippen LogP contribution in [0, 0.1) is 5.82 Å². The van der Waals surface area contributed by atoms with E-state index in [0.29, 0.717) is 17.7 Å². The molecule has 1 aliphatic rings. The molecule has 2 N–H and O–H groups in total. The largest absolute Gasteiger partial charge is 0.416 e. The number of nitrogens with one attached hydrogen (secondary N) is 2. The molecule has 0 fully saturated rings. The molecule has 4 aromatic rings. The highest BCUT2D eigenvalue weighted by molar-refractivity contribution is 9.10. The second-order valence-corrected chi connectivity index (χ2v) is 8.56. The lowest BCUT2D eigenvalue weighted by Gasteiger charge is -2.20. The zero-order valence-corrected chi connectivity index (χ0v) is 18.3. The normalized spacial score (nSPS) is 13.5. The number of hydrogen-bond acceptors (Lipinski definition) is 6. The number of halogens is 5. The van der Waals surface area contributed by atoms with E-state index in [9.17, 15) is 17.6 Å². The van der Waals surface area contributed by atoms with Gasteiger partial charge in [0.2, 0.25) is 5.95 Å². The molecule has 164 valence electrons. The van der Waals surface area contributed by atoms with Crippen LogP contribution in [-0.2, 0) is 6.18 Å². The molecule has 0 radical (unpaired) electrons. The minimum atomic E-state index is -4.49. The zero-order chi connectivity index (χ0) is 22.5. The summed E-state index contributed by atoms with van der Waals surface area (Å²) < 4.78 is 59.0. The average Bonchev–Trinajstić information content (AvgIpc) is 3.35. The summed E-state index contributed by atoms with van der Waals surface area (Å²) in [5, 5.41) is 5.25. The summed E-state index contributed by atoms with van der Waals surface area (Å²) in [5.41, 5.74) is 0.0465. The van der Waals surface area contributed by atoms with Gasteiger partial charge in [-0.25, -0.2) is 14.4 Å². The van der Waals surface area contributed by atoms with Crippen LogP contribution >= 0.6 is 27.5 Å². The molecule has 3 heterocycles. The van der Waals surface area contributed by atoms with E-state index in [-0.39, 0.29) is 21.7 Å². The zero-order valence-electron chi connectivity index (χ0n) is 15.9. The summed E-state index contributed by atoms with van der Waals surface area (Å²) in [5.74, 6) is -0.423. The van der Waals surface area contributed by atoms with Crippen molar-refractivity contribution in [2.45, 2.75) is 6.18 Å². The Labute approximate surface area is 190 Å². The van der Waals surface area contributed by atoms with Crippen molar-refractivity contribution in [3.8, 4) is 5.75 Å². The van der Waals surface area contributed by atoms with E-state index in [1.165, 1.54) is 28.7 Å². The number of fused-ring (bicyclic) bond motifs is 2. The lowest BCUT2D eigenvalue weighted by Crippen LogP contribution is -2.34. The minimum Gasteiger partial charge on any atom is -0.377 e. The molecule has 0 saturated carbocycles. The smallest absolute Gasteiger partial charge is 0.377 e. The highest BCUT2D eigenvalue weighted by Gasteiger charge is 2.31. The van der Waals surface area contributed by atoms with Gasteiger partial charge in [-0.15, -0.1) is 0 Å². The van der Waals surface area contributed by atoms with Crippen LogP contribution in [0.1, 0.15) is 5.56 Å². The molecule has 2 aromatic carbocycles. The summed E-state index contributed by atoms with van der Waals surface area (Å²) in [6.07, 6.45) is 0.898. The Kier molecular flexibility index (Phi) is 5.05. The van der Waals surface area contributed by atoms with Gasteiger partial charge in [0, 0.05) is 27.6 Å². The standard InChI is InChI=1S/C20H12BrF4N5OS/c21-13-5-11(20(23,24)25)6-15-18(13)29-19(28-15)27-12-1-2-16(14(22)7-12)31-30-4-3-17-10(9-30)8-26-32-17/h1-3,5-9H,4H2,(H2,27,28,29). The molecule has 1 aliphatic heterocycles. The van der Waals surface area contributed by atoms with Crippen LogP contribution in [0.2, 0.25) is 0 Å². The summed E-state index contributed by atoms with van der Waals surface area (Å²) in [4.78, 5) is 12.6. The third-order valence-corrected chi connectivity index (χ3v) is 6.06. The van der Waals surface area contributed by atoms with Gasteiger partial charge in [0.25, 0.3) is 0 Å². The molecule has 0 bridgehead atoms. The molecule has 0 atom stereocenters. The lowest BCUT2D eigenvalue weighted by atomic mass is 10.2. The van der Waals surface area contributed by atoms with Crippen LogP contribution in [-0.4, -0.2) is 25.9 Å². The highest BCUT2D eigenvalue weighted by atomic mass is 79.9. The van der Waals surface area contributed by atoms with Gasteiger partial charge < -0.3 is 15.1 Å². The van der Waals surface area contributed by atoms with Crippen molar-refractivity contribution >= 4 is 62.4 Å². The maximum atomic E-state index is 14.6. The van der Waals surface area contributed by atoms with Gasteiger partial charge >= 0.3 is 6.18 Å². The first-order valence-corrected chi connectivity index (χ1v) is 10.7. The number of nitrogens with zero attached hydrogens (tertiary/aromatic N) is 3. The van der Waals surface area contributed by atoms with Crippen LogP contribution < -0.4 is 19.9 Å². The fourth-order valence-electron chi connectivity index (χ4n) is 3.17. The number of benzene rings is 2. The molecule has 0 unspecified atom stereocenters. The van der Waals surface area contributed by atoms with Crippen molar-refractivity contribution in [2.24, 2.45) is 0 Å². The minimum absolute atomic E-state index is 0.0222. The van der Waals surface area contributed by atoms with Crippen LogP contribution in [0.25, 0.3) is 23.3 Å². The molecule has 2 aromatic heterocycles. The fourth-order valence-corrected chi connectivity index (χ4v) is 4.36. The highest BCUT2D eigenvalue weighted by Crippen LogP contribution is 2.35. The summed E-state index contributed by atoms with van der Waals surface area (Å²) in [6.45, 7) is 0.447. The third-order valence-electron chi connectivity index (χ3n) is 4.64. The van der Waals surface area contributed by atoms with Gasteiger partial charge in [0.1, 0.15) is 5.52 Å². The molecule has 0 spiro atoms. The van der Waals surface area contributed by atoms with Crippen molar-refractivity contribution in [1.29, 1.82) is 0 Å². The molecule has 32 heavy (non-hydrogen) atoms. The SMILES string of the molecule is Fc1cc(Nc2nc3c(Br)cc(C(F)(F)F)cc3[nH]2)ccc1ON1C=c2cnsc2=CC1. The maximum Gasteiger partial charge on any atom is 0.416 e. The molecule has 0 aliphatic carbocycles. The first-order chi connectivity index (χ1) is 15.3. The van der Waals surface area contributed by atoms with Crippen molar-refractivity contribution in [1.82, 2.24) is 19.4 Å². The number of H-pyrrole nitrogens is 1. The monoisotopic (exact) mass is 525 g/mol. The van der Waals surface area contributed by atoms with Gasteiger partial charge in [0.15, 0.2) is 11.6 Å². The number of aromatic amines is 1.